The molecule has 0 aromatic heterocycles. The summed E-state index contributed by atoms with van der Waals surface area (Å²) in [5, 5.41) is 9.11. The van der Waals surface area contributed by atoms with E-state index in [4.69, 9.17) is 9.47 Å². The van der Waals surface area contributed by atoms with Gasteiger partial charge in [-0.15, -0.1) is 10.1 Å². The molecule has 5 atom stereocenters. The summed E-state index contributed by atoms with van der Waals surface area (Å²) in [5.74, 6) is 0. The van der Waals surface area contributed by atoms with Crippen LogP contribution in [0.25, 0.3) is 0 Å². The summed E-state index contributed by atoms with van der Waals surface area (Å²) in [6.45, 7) is 0.417. The molecule has 0 N–H and O–H groups in total. The Morgan fingerprint density at radius 1 is 1.40 bits per heavy atom. The van der Waals surface area contributed by atoms with Crippen LogP contribution in [0.5, 0.6) is 0 Å². The maximum absolute atomic E-state index is 11.3. The fraction of sp³-hybridized carbons (Fsp3) is 1.00. The third-order valence-electron chi connectivity index (χ3n) is 2.61. The molecule has 0 bridgehead atoms. The average molecular weight is 237 g/mol. The normalized spacial score (nSPS) is 41.1. The number of ether oxygens (including phenoxy) is 2. The number of nitrogens with zero attached hydrogens (tertiary/aromatic N) is 1. The minimum Gasteiger partial charge on any atom is -0.372 e. The number of hydrogen-bond acceptors (Lipinski definition) is 6. The molecule has 2 saturated heterocycles. The van der Waals surface area contributed by atoms with Crippen LogP contribution in [0.1, 0.15) is 0 Å². The van der Waals surface area contributed by atoms with Gasteiger partial charge in [-0.3, -0.25) is 4.21 Å². The first-order valence-corrected chi connectivity index (χ1v) is 6.08. The molecule has 2 aliphatic heterocycles. The van der Waals surface area contributed by atoms with Gasteiger partial charge in [-0.1, -0.05) is 0 Å². The van der Waals surface area contributed by atoms with Crippen molar-refractivity contribution >= 4 is 10.8 Å². The second-order valence-corrected chi connectivity index (χ2v) is 5.10. The molecule has 15 heavy (non-hydrogen) atoms. The molecule has 0 spiro atoms. The minimum absolute atomic E-state index is 0.115. The van der Waals surface area contributed by atoms with Crippen LogP contribution in [0, 0.1) is 10.1 Å². The predicted octanol–water partition coefficient (Wildman–Crippen LogP) is -0.892. The van der Waals surface area contributed by atoms with E-state index in [2.05, 4.69) is 4.84 Å². The smallest absolute Gasteiger partial charge is 0.294 e. The van der Waals surface area contributed by atoms with Crippen LogP contribution in [0.15, 0.2) is 0 Å². The Hall–Kier alpha value is -0.730. The highest BCUT2D eigenvalue weighted by molar-refractivity contribution is 7.85. The molecule has 2 aliphatic rings. The standard InChI is InChI=1S/C7H11NO6S/c1-15(11)5-3-13-6-4(14-8(9)10)2-12-7(5)6/h4-7H,2-3H2,1H3/t4-,5?,6-,7-,15-/m1/s1. The van der Waals surface area contributed by atoms with Crippen molar-refractivity contribution in [2.24, 2.45) is 0 Å². The molecule has 2 fully saturated rings. The highest BCUT2D eigenvalue weighted by Crippen LogP contribution is 2.30. The van der Waals surface area contributed by atoms with Crippen molar-refractivity contribution in [3.63, 3.8) is 0 Å². The molecular weight excluding hydrogens is 226 g/mol. The summed E-state index contributed by atoms with van der Waals surface area (Å²) in [6.07, 6.45) is 0.0604. The van der Waals surface area contributed by atoms with Gasteiger partial charge in [0.25, 0.3) is 5.09 Å². The summed E-state index contributed by atoms with van der Waals surface area (Å²) in [7, 11) is -1.05. The van der Waals surface area contributed by atoms with E-state index >= 15 is 0 Å². The van der Waals surface area contributed by atoms with E-state index in [1.54, 1.807) is 6.26 Å². The Balaban J connectivity index is 2.02. The third-order valence-corrected chi connectivity index (χ3v) is 3.87. The van der Waals surface area contributed by atoms with Crippen LogP contribution < -0.4 is 0 Å². The van der Waals surface area contributed by atoms with Gasteiger partial charge >= 0.3 is 0 Å². The highest BCUT2D eigenvalue weighted by Gasteiger charge is 2.50. The van der Waals surface area contributed by atoms with Crippen molar-refractivity contribution < 1.29 is 23.6 Å². The zero-order valence-electron chi connectivity index (χ0n) is 8.03. The molecule has 1 unspecified atom stereocenters. The molecule has 0 aliphatic carbocycles. The van der Waals surface area contributed by atoms with Crippen LogP contribution in [-0.4, -0.2) is 52.3 Å². The number of hydrogen-bond donors (Lipinski definition) is 0. The van der Waals surface area contributed by atoms with Crippen LogP contribution in [-0.2, 0) is 25.1 Å². The van der Waals surface area contributed by atoms with Crippen LogP contribution in [0.4, 0.5) is 0 Å². The molecule has 86 valence electrons. The highest BCUT2D eigenvalue weighted by atomic mass is 32.2. The summed E-state index contributed by atoms with van der Waals surface area (Å²) < 4.78 is 21.9. The second-order valence-electron chi connectivity index (χ2n) is 3.50. The summed E-state index contributed by atoms with van der Waals surface area (Å²) in [5.41, 5.74) is 0. The molecule has 0 saturated carbocycles. The van der Waals surface area contributed by atoms with Crippen LogP contribution >= 0.6 is 0 Å². The molecule has 0 radical (unpaired) electrons. The molecule has 2 heterocycles. The van der Waals surface area contributed by atoms with Gasteiger partial charge in [-0.25, -0.2) is 0 Å². The van der Waals surface area contributed by atoms with Crippen molar-refractivity contribution in [3.05, 3.63) is 10.1 Å². The number of rotatable bonds is 3. The van der Waals surface area contributed by atoms with Crippen molar-refractivity contribution in [3.8, 4) is 0 Å². The van der Waals surface area contributed by atoms with E-state index in [0.29, 0.717) is 6.61 Å². The van der Waals surface area contributed by atoms with Gasteiger partial charge in [-0.05, 0) is 0 Å². The van der Waals surface area contributed by atoms with Gasteiger partial charge in [0.05, 0.1) is 18.5 Å². The molecule has 7 nitrogen and oxygen atoms in total. The summed E-state index contributed by atoms with van der Waals surface area (Å²) in [4.78, 5) is 14.6. The van der Waals surface area contributed by atoms with E-state index in [1.165, 1.54) is 0 Å². The topological polar surface area (TPSA) is 87.9 Å². The van der Waals surface area contributed by atoms with Gasteiger partial charge in [0.2, 0.25) is 0 Å². The lowest BCUT2D eigenvalue weighted by Crippen LogP contribution is -2.35. The predicted molar refractivity (Wildman–Crippen MR) is 49.2 cm³/mol. The van der Waals surface area contributed by atoms with E-state index in [1.807, 2.05) is 0 Å². The van der Waals surface area contributed by atoms with E-state index in [-0.39, 0.29) is 18.0 Å². The largest absolute Gasteiger partial charge is 0.372 e. The zero-order chi connectivity index (χ0) is 11.0. The Labute approximate surface area is 88.2 Å². The quantitative estimate of drug-likeness (QED) is 0.467. The first-order valence-electron chi connectivity index (χ1n) is 4.46. The van der Waals surface area contributed by atoms with Crippen molar-refractivity contribution in [2.75, 3.05) is 19.5 Å². The Morgan fingerprint density at radius 3 is 2.67 bits per heavy atom. The lowest BCUT2D eigenvalue weighted by atomic mass is 10.1. The van der Waals surface area contributed by atoms with E-state index in [9.17, 15) is 14.3 Å². The fourth-order valence-electron chi connectivity index (χ4n) is 1.91. The minimum atomic E-state index is -1.05. The molecule has 0 aromatic rings. The molecule has 0 amide bonds. The molecule has 2 rings (SSSR count). The van der Waals surface area contributed by atoms with Gasteiger partial charge < -0.3 is 14.3 Å². The fourth-order valence-corrected chi connectivity index (χ4v) is 2.80. The van der Waals surface area contributed by atoms with Crippen molar-refractivity contribution in [2.45, 2.75) is 23.6 Å². The van der Waals surface area contributed by atoms with Gasteiger partial charge in [0, 0.05) is 17.1 Å². The maximum atomic E-state index is 11.3. The molecule has 8 heteroatoms. The summed E-state index contributed by atoms with van der Waals surface area (Å²) in [6, 6.07) is 0. The van der Waals surface area contributed by atoms with Gasteiger partial charge in [0.1, 0.15) is 12.2 Å². The van der Waals surface area contributed by atoms with Crippen molar-refractivity contribution in [1.29, 1.82) is 0 Å². The van der Waals surface area contributed by atoms with Crippen molar-refractivity contribution in [1.82, 2.24) is 0 Å². The molecular formula is C7H11NO6S. The van der Waals surface area contributed by atoms with E-state index in [0.717, 1.165) is 0 Å². The van der Waals surface area contributed by atoms with Crippen LogP contribution in [0.3, 0.4) is 0 Å². The van der Waals surface area contributed by atoms with Gasteiger partial charge in [0.15, 0.2) is 6.10 Å². The Morgan fingerprint density at radius 2 is 2.07 bits per heavy atom. The lowest BCUT2D eigenvalue weighted by Gasteiger charge is -2.13. The summed E-state index contributed by atoms with van der Waals surface area (Å²) >= 11 is 0. The average Bonchev–Trinajstić information content (AvgIpc) is 2.66. The SMILES string of the molecule is C[S@@](=O)C1CO[C@H]2[C@@H]1OC[C@H]2O[N+](=O)[O-]. The van der Waals surface area contributed by atoms with E-state index < -0.39 is 28.1 Å². The monoisotopic (exact) mass is 237 g/mol. The van der Waals surface area contributed by atoms with Gasteiger partial charge in [-0.2, -0.15) is 0 Å². The second kappa shape index (κ2) is 4.03. The Bertz CT molecular complexity index is 297. The maximum Gasteiger partial charge on any atom is 0.294 e. The Kier molecular flexibility index (Phi) is 2.89. The zero-order valence-corrected chi connectivity index (χ0v) is 8.85. The van der Waals surface area contributed by atoms with Crippen LogP contribution in [0.2, 0.25) is 0 Å². The first kappa shape index (κ1) is 10.8. The molecule has 0 aromatic carbocycles. The number of fused-ring (bicyclic) bond motifs is 1. The lowest BCUT2D eigenvalue weighted by molar-refractivity contribution is -0.769. The third kappa shape index (κ3) is 1.97. The first-order chi connectivity index (χ1) is 7.09.